The van der Waals surface area contributed by atoms with Gasteiger partial charge in [-0.05, 0) is 17.7 Å². The summed E-state index contributed by atoms with van der Waals surface area (Å²) in [5.41, 5.74) is 0.838. The summed E-state index contributed by atoms with van der Waals surface area (Å²) in [6, 6.07) is 7.24. The Morgan fingerprint density at radius 2 is 1.54 bits per heavy atom. The van der Waals surface area contributed by atoms with Gasteiger partial charge in [-0.15, -0.1) is 0 Å². The van der Waals surface area contributed by atoms with Crippen LogP contribution in [0.25, 0.3) is 0 Å². The summed E-state index contributed by atoms with van der Waals surface area (Å²) in [6.45, 7) is 0. The number of carbonyl (C=O) groups excluding carboxylic acids is 1. The van der Waals surface area contributed by atoms with Crippen molar-refractivity contribution in [3.05, 3.63) is 35.4 Å². The van der Waals surface area contributed by atoms with Crippen molar-refractivity contribution in [1.82, 2.24) is 0 Å². The molecule has 1 aliphatic rings. The van der Waals surface area contributed by atoms with Crippen LogP contribution in [0.1, 0.15) is 28.4 Å². The van der Waals surface area contributed by atoms with E-state index in [1.807, 2.05) is 12.1 Å². The number of methoxy groups -OCH3 is 4. The van der Waals surface area contributed by atoms with Gasteiger partial charge in [0.1, 0.15) is 17.4 Å². The Kier molecular flexibility index (Phi) is 4.79. The lowest BCUT2D eigenvalue weighted by Crippen LogP contribution is -2.21. The van der Waals surface area contributed by atoms with Crippen molar-refractivity contribution in [1.29, 1.82) is 0 Å². The Balaban J connectivity index is 2.11. The number of aromatic hydroxyl groups is 1. The molecule has 0 amide bonds. The Labute approximate surface area is 151 Å². The fourth-order valence-corrected chi connectivity index (χ4v) is 3.04. The van der Waals surface area contributed by atoms with E-state index in [9.17, 15) is 9.90 Å². The number of carbonyl (C=O) groups is 1. The second-order valence-electron chi connectivity index (χ2n) is 5.66. The summed E-state index contributed by atoms with van der Waals surface area (Å²) in [5, 5.41) is 10.5. The van der Waals surface area contributed by atoms with Crippen molar-refractivity contribution < 1.29 is 33.6 Å². The van der Waals surface area contributed by atoms with E-state index in [0.29, 0.717) is 5.75 Å². The van der Waals surface area contributed by atoms with Crippen molar-refractivity contribution in [2.24, 2.45) is 0 Å². The Morgan fingerprint density at radius 1 is 0.923 bits per heavy atom. The van der Waals surface area contributed by atoms with Gasteiger partial charge >= 0.3 is 0 Å². The third-order valence-electron chi connectivity index (χ3n) is 4.31. The van der Waals surface area contributed by atoms with Crippen LogP contribution in [0.4, 0.5) is 0 Å². The van der Waals surface area contributed by atoms with Gasteiger partial charge in [0.2, 0.25) is 17.2 Å². The van der Waals surface area contributed by atoms with Gasteiger partial charge in [0.15, 0.2) is 17.3 Å². The van der Waals surface area contributed by atoms with Gasteiger partial charge in [-0.25, -0.2) is 0 Å². The topological polar surface area (TPSA) is 83.5 Å². The SMILES string of the molecule is COc1ccc([C@@H]2CC(=O)c3c(O)c(OC)c(OC)c(OC)c3O2)cc1. The summed E-state index contributed by atoms with van der Waals surface area (Å²) >= 11 is 0. The zero-order valence-corrected chi connectivity index (χ0v) is 15.0. The van der Waals surface area contributed by atoms with Gasteiger partial charge < -0.3 is 28.8 Å². The first-order valence-corrected chi connectivity index (χ1v) is 7.94. The molecule has 1 N–H and O–H groups in total. The van der Waals surface area contributed by atoms with Crippen molar-refractivity contribution >= 4 is 5.78 Å². The maximum absolute atomic E-state index is 12.7. The molecule has 0 aromatic heterocycles. The van der Waals surface area contributed by atoms with Crippen LogP contribution in [0.15, 0.2) is 24.3 Å². The van der Waals surface area contributed by atoms with Gasteiger partial charge in [-0.1, -0.05) is 12.1 Å². The Bertz CT molecular complexity index is 827. The van der Waals surface area contributed by atoms with E-state index >= 15 is 0 Å². The molecule has 2 aromatic rings. The van der Waals surface area contributed by atoms with E-state index in [1.54, 1.807) is 19.2 Å². The highest BCUT2D eigenvalue weighted by molar-refractivity contribution is 6.05. The zero-order valence-electron chi connectivity index (χ0n) is 15.0. The van der Waals surface area contributed by atoms with Crippen LogP contribution in [0.3, 0.4) is 0 Å². The molecule has 2 aromatic carbocycles. The van der Waals surface area contributed by atoms with E-state index in [0.717, 1.165) is 5.56 Å². The quantitative estimate of drug-likeness (QED) is 0.877. The number of ether oxygens (including phenoxy) is 5. The number of rotatable bonds is 5. The van der Waals surface area contributed by atoms with Crippen molar-refractivity contribution in [2.45, 2.75) is 12.5 Å². The molecule has 7 heteroatoms. The molecule has 7 nitrogen and oxygen atoms in total. The summed E-state index contributed by atoms with van der Waals surface area (Å²) in [4.78, 5) is 12.7. The van der Waals surface area contributed by atoms with E-state index in [-0.39, 0.29) is 46.5 Å². The maximum atomic E-state index is 12.7. The first-order chi connectivity index (χ1) is 12.5. The highest BCUT2D eigenvalue weighted by atomic mass is 16.6. The number of phenolic OH excluding ortho intramolecular Hbond substituents is 1. The van der Waals surface area contributed by atoms with Crippen LogP contribution in [-0.4, -0.2) is 39.3 Å². The van der Waals surface area contributed by atoms with Gasteiger partial charge in [-0.2, -0.15) is 0 Å². The van der Waals surface area contributed by atoms with Gasteiger partial charge in [-0.3, -0.25) is 4.79 Å². The minimum Gasteiger partial charge on any atom is -0.504 e. The van der Waals surface area contributed by atoms with Gasteiger partial charge in [0, 0.05) is 0 Å². The molecule has 138 valence electrons. The van der Waals surface area contributed by atoms with E-state index in [2.05, 4.69) is 0 Å². The van der Waals surface area contributed by atoms with Crippen LogP contribution in [-0.2, 0) is 0 Å². The van der Waals surface area contributed by atoms with Crippen LogP contribution in [0.5, 0.6) is 34.5 Å². The summed E-state index contributed by atoms with van der Waals surface area (Å²) in [5.74, 6) is 0.640. The van der Waals surface area contributed by atoms with E-state index in [4.69, 9.17) is 23.7 Å². The second kappa shape index (κ2) is 7.03. The van der Waals surface area contributed by atoms with Gasteiger partial charge in [0.05, 0.1) is 34.9 Å². The number of hydrogen-bond donors (Lipinski definition) is 1. The molecule has 26 heavy (non-hydrogen) atoms. The molecule has 1 aliphatic heterocycles. The average molecular weight is 360 g/mol. The number of benzene rings is 2. The lowest BCUT2D eigenvalue weighted by molar-refractivity contribution is 0.0834. The molecule has 1 heterocycles. The number of ketones is 1. The highest BCUT2D eigenvalue weighted by Crippen LogP contribution is 2.56. The zero-order chi connectivity index (χ0) is 18.8. The molecule has 0 radical (unpaired) electrons. The summed E-state index contributed by atoms with van der Waals surface area (Å²) in [6.07, 6.45) is -0.446. The number of fused-ring (bicyclic) bond motifs is 1. The Hall–Kier alpha value is -3.09. The molecule has 0 aliphatic carbocycles. The van der Waals surface area contributed by atoms with Crippen molar-refractivity contribution in [3.8, 4) is 34.5 Å². The van der Waals surface area contributed by atoms with Crippen LogP contribution in [0, 0.1) is 0 Å². The van der Waals surface area contributed by atoms with Crippen LogP contribution in [0.2, 0.25) is 0 Å². The molecule has 0 saturated heterocycles. The monoisotopic (exact) mass is 360 g/mol. The lowest BCUT2D eigenvalue weighted by Gasteiger charge is -2.29. The van der Waals surface area contributed by atoms with E-state index < -0.39 is 6.10 Å². The minimum atomic E-state index is -0.521. The number of Topliss-reactive ketones (excluding diaryl/α,β-unsaturated/α-hetero) is 1. The molecular weight excluding hydrogens is 340 g/mol. The highest BCUT2D eigenvalue weighted by Gasteiger charge is 2.37. The predicted octanol–water partition coefficient (Wildman–Crippen LogP) is 3.13. The van der Waals surface area contributed by atoms with Crippen LogP contribution >= 0.6 is 0 Å². The predicted molar refractivity (Wildman–Crippen MR) is 93.1 cm³/mol. The van der Waals surface area contributed by atoms with Gasteiger partial charge in [0.25, 0.3) is 0 Å². The number of hydrogen-bond acceptors (Lipinski definition) is 7. The first-order valence-electron chi connectivity index (χ1n) is 7.94. The van der Waals surface area contributed by atoms with E-state index in [1.165, 1.54) is 21.3 Å². The molecule has 0 unspecified atom stereocenters. The molecule has 0 bridgehead atoms. The largest absolute Gasteiger partial charge is 0.504 e. The maximum Gasteiger partial charge on any atom is 0.211 e. The molecular formula is C19H20O7. The second-order valence-corrected chi connectivity index (χ2v) is 5.66. The first kappa shape index (κ1) is 17.7. The Morgan fingerprint density at radius 3 is 2.08 bits per heavy atom. The summed E-state index contributed by atoms with van der Waals surface area (Å²) < 4.78 is 27.0. The smallest absolute Gasteiger partial charge is 0.211 e. The molecule has 0 saturated carbocycles. The third kappa shape index (κ3) is 2.75. The fraction of sp³-hybridized carbons (Fsp3) is 0.316. The normalized spacial score (nSPS) is 15.7. The summed E-state index contributed by atoms with van der Waals surface area (Å²) in [7, 11) is 5.80. The molecule has 0 spiro atoms. The van der Waals surface area contributed by atoms with Crippen LogP contribution < -0.4 is 23.7 Å². The average Bonchev–Trinajstić information content (AvgIpc) is 2.67. The standard InChI is InChI=1S/C19H20O7/c1-22-11-7-5-10(6-8-11)13-9-12(20)14-15(21)17(23-2)19(25-4)18(24-3)16(14)26-13/h5-8,13,21H,9H2,1-4H3/t13-/m0/s1. The fourth-order valence-electron chi connectivity index (χ4n) is 3.04. The molecule has 3 rings (SSSR count). The van der Waals surface area contributed by atoms with Crippen molar-refractivity contribution in [3.63, 3.8) is 0 Å². The number of phenols is 1. The lowest BCUT2D eigenvalue weighted by atomic mass is 9.94. The third-order valence-corrected chi connectivity index (χ3v) is 4.31. The molecule has 0 fully saturated rings. The minimum absolute atomic E-state index is 0.0305. The van der Waals surface area contributed by atoms with Crippen molar-refractivity contribution in [2.75, 3.05) is 28.4 Å². The molecule has 1 atom stereocenters.